The minimum Gasteiger partial charge on any atom is -0.462 e. The molecule has 0 radical (unpaired) electrons. The van der Waals surface area contributed by atoms with Crippen LogP contribution in [0.2, 0.25) is 0 Å². The molecule has 1 fully saturated rings. The van der Waals surface area contributed by atoms with Crippen molar-refractivity contribution in [3.63, 3.8) is 0 Å². The van der Waals surface area contributed by atoms with Crippen molar-refractivity contribution in [2.45, 2.75) is 38.7 Å². The molecule has 0 aromatic rings. The summed E-state index contributed by atoms with van der Waals surface area (Å²) in [4.78, 5) is 11.1. The number of carbonyl (C=O) groups is 1. The van der Waals surface area contributed by atoms with Gasteiger partial charge in [-0.3, -0.25) is 4.79 Å². The van der Waals surface area contributed by atoms with E-state index in [1.54, 1.807) is 0 Å². The van der Waals surface area contributed by atoms with Crippen LogP contribution in [0.1, 0.15) is 32.6 Å². The SMILES string of the molecule is CCC(=O)O[C@@H]1CC[C@H]2CC=C[C@H]21. The number of hydrogen-bond acceptors (Lipinski definition) is 2. The maximum atomic E-state index is 11.1. The van der Waals surface area contributed by atoms with Gasteiger partial charge in [-0.05, 0) is 25.2 Å². The van der Waals surface area contributed by atoms with Gasteiger partial charge in [0.1, 0.15) is 6.10 Å². The molecule has 2 nitrogen and oxygen atoms in total. The smallest absolute Gasteiger partial charge is 0.305 e. The molecule has 0 aliphatic heterocycles. The van der Waals surface area contributed by atoms with Gasteiger partial charge in [0.05, 0.1) is 0 Å². The second-order valence-corrected chi connectivity index (χ2v) is 3.96. The highest BCUT2D eigenvalue weighted by Gasteiger charge is 2.38. The lowest BCUT2D eigenvalue weighted by Crippen LogP contribution is -2.21. The minimum absolute atomic E-state index is 0.0500. The molecule has 0 saturated heterocycles. The average molecular weight is 180 g/mol. The van der Waals surface area contributed by atoms with Crippen molar-refractivity contribution in [2.24, 2.45) is 11.8 Å². The van der Waals surface area contributed by atoms with E-state index in [1.165, 1.54) is 12.8 Å². The summed E-state index contributed by atoms with van der Waals surface area (Å²) in [5.74, 6) is 1.23. The lowest BCUT2D eigenvalue weighted by molar-refractivity contribution is -0.149. The molecule has 0 aromatic carbocycles. The van der Waals surface area contributed by atoms with Gasteiger partial charge in [0.25, 0.3) is 0 Å². The molecule has 0 unspecified atom stereocenters. The Labute approximate surface area is 79.0 Å². The second kappa shape index (κ2) is 3.52. The normalized spacial score (nSPS) is 36.2. The number of fused-ring (bicyclic) bond motifs is 1. The summed E-state index contributed by atoms with van der Waals surface area (Å²) in [5.41, 5.74) is 0. The van der Waals surface area contributed by atoms with E-state index < -0.39 is 0 Å². The fourth-order valence-corrected chi connectivity index (χ4v) is 2.42. The van der Waals surface area contributed by atoms with Crippen molar-refractivity contribution < 1.29 is 9.53 Å². The molecule has 2 heteroatoms. The number of carbonyl (C=O) groups excluding carboxylic acids is 1. The van der Waals surface area contributed by atoms with Crippen LogP contribution in [0.4, 0.5) is 0 Å². The number of esters is 1. The van der Waals surface area contributed by atoms with E-state index in [2.05, 4.69) is 12.2 Å². The Kier molecular flexibility index (Phi) is 2.38. The van der Waals surface area contributed by atoms with E-state index in [9.17, 15) is 4.79 Å². The Hall–Kier alpha value is -0.790. The van der Waals surface area contributed by atoms with Gasteiger partial charge in [0, 0.05) is 12.3 Å². The van der Waals surface area contributed by atoms with Crippen LogP contribution < -0.4 is 0 Å². The van der Waals surface area contributed by atoms with Gasteiger partial charge < -0.3 is 4.74 Å². The van der Waals surface area contributed by atoms with Crippen molar-refractivity contribution in [1.82, 2.24) is 0 Å². The summed E-state index contributed by atoms with van der Waals surface area (Å²) in [5, 5.41) is 0. The lowest BCUT2D eigenvalue weighted by atomic mass is 9.99. The van der Waals surface area contributed by atoms with Crippen molar-refractivity contribution >= 4 is 5.97 Å². The average Bonchev–Trinajstić information content (AvgIpc) is 2.69. The Bertz CT molecular complexity index is 232. The Morgan fingerprint density at radius 3 is 3.15 bits per heavy atom. The maximum Gasteiger partial charge on any atom is 0.305 e. The first-order chi connectivity index (χ1) is 6.31. The van der Waals surface area contributed by atoms with Gasteiger partial charge in [-0.15, -0.1) is 0 Å². The maximum absolute atomic E-state index is 11.1. The molecule has 2 aliphatic rings. The molecule has 0 spiro atoms. The zero-order valence-electron chi connectivity index (χ0n) is 8.03. The summed E-state index contributed by atoms with van der Waals surface area (Å²) < 4.78 is 5.38. The van der Waals surface area contributed by atoms with Crippen molar-refractivity contribution in [3.8, 4) is 0 Å². The van der Waals surface area contributed by atoms with Gasteiger partial charge in [-0.1, -0.05) is 19.1 Å². The Balaban J connectivity index is 1.93. The summed E-state index contributed by atoms with van der Waals surface area (Å²) in [6.07, 6.45) is 8.59. The zero-order chi connectivity index (χ0) is 9.26. The van der Waals surface area contributed by atoms with E-state index in [4.69, 9.17) is 4.74 Å². The number of ether oxygens (including phenoxy) is 1. The Morgan fingerprint density at radius 1 is 1.54 bits per heavy atom. The van der Waals surface area contributed by atoms with Crippen LogP contribution >= 0.6 is 0 Å². The van der Waals surface area contributed by atoms with Gasteiger partial charge in [-0.2, -0.15) is 0 Å². The van der Waals surface area contributed by atoms with Crippen LogP contribution in [0.3, 0.4) is 0 Å². The third-order valence-electron chi connectivity index (χ3n) is 3.16. The summed E-state index contributed by atoms with van der Waals surface area (Å²) in [6.45, 7) is 1.85. The van der Waals surface area contributed by atoms with Crippen LogP contribution in [-0.4, -0.2) is 12.1 Å². The summed E-state index contributed by atoms with van der Waals surface area (Å²) in [6, 6.07) is 0. The highest BCUT2D eigenvalue weighted by Crippen LogP contribution is 2.41. The Morgan fingerprint density at radius 2 is 2.38 bits per heavy atom. The standard InChI is InChI=1S/C11H16O2/c1-2-11(12)13-10-7-6-8-4-3-5-9(8)10/h3,5,8-10H,2,4,6-7H2,1H3/t8-,9-,10-/m1/s1. The molecule has 2 aliphatic carbocycles. The molecule has 1 saturated carbocycles. The molecule has 3 atom stereocenters. The van der Waals surface area contributed by atoms with E-state index in [-0.39, 0.29) is 12.1 Å². The van der Waals surface area contributed by atoms with Crippen molar-refractivity contribution in [3.05, 3.63) is 12.2 Å². The minimum atomic E-state index is -0.0500. The molecule has 0 amide bonds. The van der Waals surface area contributed by atoms with Crippen molar-refractivity contribution in [1.29, 1.82) is 0 Å². The third kappa shape index (κ3) is 1.62. The number of rotatable bonds is 2. The van der Waals surface area contributed by atoms with Crippen LogP contribution in [0.25, 0.3) is 0 Å². The van der Waals surface area contributed by atoms with Crippen LogP contribution in [0, 0.1) is 11.8 Å². The number of hydrogen-bond donors (Lipinski definition) is 0. The molecular weight excluding hydrogens is 164 g/mol. The predicted octanol–water partition coefficient (Wildman–Crippen LogP) is 2.29. The fraction of sp³-hybridized carbons (Fsp3) is 0.727. The molecule has 0 N–H and O–H groups in total. The van der Waals surface area contributed by atoms with E-state index in [1.807, 2.05) is 6.92 Å². The van der Waals surface area contributed by atoms with E-state index >= 15 is 0 Å². The molecule has 2 rings (SSSR count). The van der Waals surface area contributed by atoms with Crippen LogP contribution in [-0.2, 0) is 9.53 Å². The van der Waals surface area contributed by atoms with Gasteiger partial charge in [0.2, 0.25) is 0 Å². The highest BCUT2D eigenvalue weighted by atomic mass is 16.5. The molecular formula is C11H16O2. The van der Waals surface area contributed by atoms with Crippen molar-refractivity contribution in [2.75, 3.05) is 0 Å². The first-order valence-electron chi connectivity index (χ1n) is 5.17. The monoisotopic (exact) mass is 180 g/mol. The quantitative estimate of drug-likeness (QED) is 0.481. The third-order valence-corrected chi connectivity index (χ3v) is 3.16. The van der Waals surface area contributed by atoms with E-state index in [0.717, 1.165) is 12.3 Å². The highest BCUT2D eigenvalue weighted by molar-refractivity contribution is 5.69. The molecule has 0 aromatic heterocycles. The largest absolute Gasteiger partial charge is 0.462 e. The molecule has 0 bridgehead atoms. The first-order valence-corrected chi connectivity index (χ1v) is 5.17. The van der Waals surface area contributed by atoms with Crippen LogP contribution in [0.5, 0.6) is 0 Å². The molecule has 72 valence electrons. The fourth-order valence-electron chi connectivity index (χ4n) is 2.42. The zero-order valence-corrected chi connectivity index (χ0v) is 8.03. The van der Waals surface area contributed by atoms with Gasteiger partial charge >= 0.3 is 5.97 Å². The summed E-state index contributed by atoms with van der Waals surface area (Å²) in [7, 11) is 0. The molecule has 13 heavy (non-hydrogen) atoms. The van der Waals surface area contributed by atoms with Gasteiger partial charge in [-0.25, -0.2) is 0 Å². The van der Waals surface area contributed by atoms with E-state index in [0.29, 0.717) is 12.3 Å². The summed E-state index contributed by atoms with van der Waals surface area (Å²) >= 11 is 0. The topological polar surface area (TPSA) is 26.3 Å². The predicted molar refractivity (Wildman–Crippen MR) is 50.1 cm³/mol. The molecule has 0 heterocycles. The number of allylic oxidation sites excluding steroid dienone is 1. The van der Waals surface area contributed by atoms with Crippen LogP contribution in [0.15, 0.2) is 12.2 Å². The lowest BCUT2D eigenvalue weighted by Gasteiger charge is -2.17. The second-order valence-electron chi connectivity index (χ2n) is 3.96. The first kappa shape index (κ1) is 8.79. The van der Waals surface area contributed by atoms with Gasteiger partial charge in [0.15, 0.2) is 0 Å².